The van der Waals surface area contributed by atoms with Crippen LogP contribution in [-0.2, 0) is 0 Å². The molecule has 3 N–H and O–H groups in total. The first-order valence-corrected chi connectivity index (χ1v) is 6.37. The van der Waals surface area contributed by atoms with Gasteiger partial charge in [0.05, 0.1) is 5.56 Å². The fraction of sp³-hybridized carbons (Fsp3) is 0.0769. The average Bonchev–Trinajstić information content (AvgIpc) is 2.88. The number of amides is 2. The molecule has 0 aliphatic rings. The molecule has 0 fully saturated rings. The predicted molar refractivity (Wildman–Crippen MR) is 71.9 cm³/mol. The predicted octanol–water partition coefficient (Wildman–Crippen LogP) is 2.55. The molecule has 0 aliphatic heterocycles. The molecule has 2 amide bonds. The first-order valence-electron chi connectivity index (χ1n) is 5.42. The highest BCUT2D eigenvalue weighted by molar-refractivity contribution is 7.08. The highest BCUT2D eigenvalue weighted by atomic mass is 32.1. The summed E-state index contributed by atoms with van der Waals surface area (Å²) in [5, 5.41) is 6.01. The number of carbonyl (C=O) groups is 2. The van der Waals surface area contributed by atoms with Crippen LogP contribution in [0.4, 0.5) is 10.1 Å². The van der Waals surface area contributed by atoms with Crippen molar-refractivity contribution in [1.82, 2.24) is 0 Å². The molecule has 0 atom stereocenters. The fourth-order valence-corrected chi connectivity index (χ4v) is 2.18. The maximum atomic E-state index is 13.6. The van der Waals surface area contributed by atoms with Crippen LogP contribution in [0.15, 0.2) is 29.0 Å². The van der Waals surface area contributed by atoms with Crippen molar-refractivity contribution in [3.05, 3.63) is 51.5 Å². The molecule has 2 aromatic rings. The Labute approximate surface area is 113 Å². The van der Waals surface area contributed by atoms with Crippen LogP contribution < -0.4 is 11.1 Å². The van der Waals surface area contributed by atoms with E-state index in [1.165, 1.54) is 24.3 Å². The van der Waals surface area contributed by atoms with Crippen molar-refractivity contribution in [3.8, 4) is 0 Å². The molecule has 4 nitrogen and oxygen atoms in total. The van der Waals surface area contributed by atoms with Gasteiger partial charge in [-0.3, -0.25) is 9.59 Å². The van der Waals surface area contributed by atoms with Crippen LogP contribution in [0.3, 0.4) is 0 Å². The highest BCUT2D eigenvalue weighted by Gasteiger charge is 2.13. The van der Waals surface area contributed by atoms with Crippen molar-refractivity contribution >= 4 is 28.8 Å². The number of nitrogens with two attached hydrogens (primary N) is 1. The van der Waals surface area contributed by atoms with Crippen molar-refractivity contribution in [2.24, 2.45) is 5.73 Å². The number of carbonyl (C=O) groups excluding carboxylic acids is 2. The molecule has 2 rings (SSSR count). The number of benzene rings is 1. The molecule has 98 valence electrons. The molecule has 0 bridgehead atoms. The molecule has 1 heterocycles. The summed E-state index contributed by atoms with van der Waals surface area (Å²) >= 11 is 1.38. The molecule has 1 aromatic carbocycles. The summed E-state index contributed by atoms with van der Waals surface area (Å²) in [4.78, 5) is 23.0. The lowest BCUT2D eigenvalue weighted by atomic mass is 10.1. The van der Waals surface area contributed by atoms with E-state index in [1.54, 1.807) is 16.8 Å². The van der Waals surface area contributed by atoms with E-state index in [9.17, 15) is 14.0 Å². The van der Waals surface area contributed by atoms with E-state index in [2.05, 4.69) is 5.32 Å². The van der Waals surface area contributed by atoms with E-state index in [1.807, 2.05) is 0 Å². The van der Waals surface area contributed by atoms with Crippen molar-refractivity contribution in [1.29, 1.82) is 0 Å². The van der Waals surface area contributed by atoms with Gasteiger partial charge in [0, 0.05) is 22.2 Å². The Morgan fingerprint density at radius 2 is 2.05 bits per heavy atom. The Kier molecular flexibility index (Phi) is 3.62. The molecule has 0 aliphatic carbocycles. The van der Waals surface area contributed by atoms with E-state index in [0.29, 0.717) is 5.56 Å². The summed E-state index contributed by atoms with van der Waals surface area (Å²) in [7, 11) is 0. The standard InChI is InChI=1S/C13H11FN2O2S/c1-7-10(14)4-9(12(15)17)5-11(7)16-13(18)8-2-3-19-6-8/h2-6H,1H3,(H2,15,17)(H,16,18). The second kappa shape index (κ2) is 5.19. The van der Waals surface area contributed by atoms with Gasteiger partial charge in [0.1, 0.15) is 5.82 Å². The molecule has 1 aromatic heterocycles. The van der Waals surface area contributed by atoms with Gasteiger partial charge in [0.2, 0.25) is 5.91 Å². The maximum Gasteiger partial charge on any atom is 0.256 e. The number of thiophene rings is 1. The Morgan fingerprint density at radius 1 is 1.32 bits per heavy atom. The van der Waals surface area contributed by atoms with Crippen LogP contribution in [0.25, 0.3) is 0 Å². The average molecular weight is 278 g/mol. The lowest BCUT2D eigenvalue weighted by Gasteiger charge is -2.10. The van der Waals surface area contributed by atoms with Crippen LogP contribution in [0.2, 0.25) is 0 Å². The molecule has 6 heteroatoms. The van der Waals surface area contributed by atoms with Crippen LogP contribution in [0.5, 0.6) is 0 Å². The van der Waals surface area contributed by atoms with Gasteiger partial charge < -0.3 is 11.1 Å². The quantitative estimate of drug-likeness (QED) is 0.905. The molecule has 19 heavy (non-hydrogen) atoms. The van der Waals surface area contributed by atoms with Crippen LogP contribution >= 0.6 is 11.3 Å². The number of rotatable bonds is 3. The van der Waals surface area contributed by atoms with Crippen molar-refractivity contribution < 1.29 is 14.0 Å². The highest BCUT2D eigenvalue weighted by Crippen LogP contribution is 2.21. The number of halogens is 1. The lowest BCUT2D eigenvalue weighted by molar-refractivity contribution is 0.0995. The van der Waals surface area contributed by atoms with Gasteiger partial charge in [-0.2, -0.15) is 11.3 Å². The number of nitrogens with one attached hydrogen (secondary N) is 1. The van der Waals surface area contributed by atoms with Gasteiger partial charge in [-0.15, -0.1) is 0 Å². The lowest BCUT2D eigenvalue weighted by Crippen LogP contribution is -2.16. The first kappa shape index (κ1) is 13.2. The molecular weight excluding hydrogens is 267 g/mol. The minimum absolute atomic E-state index is 0.0173. The topological polar surface area (TPSA) is 72.2 Å². The van der Waals surface area contributed by atoms with E-state index in [0.717, 1.165) is 6.07 Å². The zero-order valence-electron chi connectivity index (χ0n) is 10.1. The minimum Gasteiger partial charge on any atom is -0.366 e. The second-order valence-electron chi connectivity index (χ2n) is 3.96. The SMILES string of the molecule is Cc1c(F)cc(C(N)=O)cc1NC(=O)c1ccsc1. The van der Waals surface area contributed by atoms with Crippen molar-refractivity contribution in [2.45, 2.75) is 6.92 Å². The number of hydrogen-bond donors (Lipinski definition) is 2. The molecule has 0 radical (unpaired) electrons. The van der Waals surface area contributed by atoms with Crippen molar-refractivity contribution in [2.75, 3.05) is 5.32 Å². The third-order valence-corrected chi connectivity index (χ3v) is 3.34. The molecule has 0 saturated heterocycles. The van der Waals surface area contributed by atoms with E-state index >= 15 is 0 Å². The number of primary amides is 1. The summed E-state index contributed by atoms with van der Waals surface area (Å²) in [5.74, 6) is -1.69. The van der Waals surface area contributed by atoms with Crippen LogP contribution in [-0.4, -0.2) is 11.8 Å². The van der Waals surface area contributed by atoms with Gasteiger partial charge in [0.25, 0.3) is 5.91 Å². The molecular formula is C13H11FN2O2S. The molecule has 0 unspecified atom stereocenters. The Balaban J connectivity index is 2.34. The summed E-state index contributed by atoms with van der Waals surface area (Å²) in [6.07, 6.45) is 0. The minimum atomic E-state index is -0.745. The normalized spacial score (nSPS) is 10.2. The summed E-state index contributed by atoms with van der Waals surface area (Å²) in [6.45, 7) is 1.52. The Morgan fingerprint density at radius 3 is 2.63 bits per heavy atom. The zero-order chi connectivity index (χ0) is 14.0. The Hall–Kier alpha value is -2.21. The van der Waals surface area contributed by atoms with Gasteiger partial charge in [0.15, 0.2) is 0 Å². The first-order chi connectivity index (χ1) is 8.99. The van der Waals surface area contributed by atoms with E-state index in [4.69, 9.17) is 5.73 Å². The molecule has 0 spiro atoms. The smallest absolute Gasteiger partial charge is 0.256 e. The third-order valence-electron chi connectivity index (χ3n) is 2.66. The Bertz CT molecular complexity index is 638. The van der Waals surface area contributed by atoms with E-state index < -0.39 is 11.7 Å². The van der Waals surface area contributed by atoms with Gasteiger partial charge >= 0.3 is 0 Å². The molecule has 0 saturated carbocycles. The van der Waals surface area contributed by atoms with Gasteiger partial charge in [-0.1, -0.05) is 0 Å². The van der Waals surface area contributed by atoms with Crippen LogP contribution in [0, 0.1) is 12.7 Å². The van der Waals surface area contributed by atoms with Gasteiger partial charge in [-0.25, -0.2) is 4.39 Å². The van der Waals surface area contributed by atoms with E-state index in [-0.39, 0.29) is 22.7 Å². The number of anilines is 1. The number of hydrogen-bond acceptors (Lipinski definition) is 3. The zero-order valence-corrected chi connectivity index (χ0v) is 10.9. The van der Waals surface area contributed by atoms with Crippen LogP contribution in [0.1, 0.15) is 26.3 Å². The maximum absolute atomic E-state index is 13.6. The van der Waals surface area contributed by atoms with Crippen molar-refractivity contribution in [3.63, 3.8) is 0 Å². The largest absolute Gasteiger partial charge is 0.366 e. The third kappa shape index (κ3) is 2.79. The second-order valence-corrected chi connectivity index (χ2v) is 4.74. The summed E-state index contributed by atoms with van der Waals surface area (Å²) in [6, 6.07) is 4.08. The summed E-state index contributed by atoms with van der Waals surface area (Å²) in [5.41, 5.74) is 6.11. The van der Waals surface area contributed by atoms with Gasteiger partial charge in [-0.05, 0) is 30.5 Å². The summed E-state index contributed by atoms with van der Waals surface area (Å²) < 4.78 is 13.6. The fourth-order valence-electron chi connectivity index (χ4n) is 1.54. The monoisotopic (exact) mass is 278 g/mol.